The number of carboxylic acid groups (broad SMARTS) is 1. The first-order valence-corrected chi connectivity index (χ1v) is 9.97. The van der Waals surface area contributed by atoms with Crippen LogP contribution in [0.4, 0.5) is 0 Å². The number of hydrogen-bond donors (Lipinski definition) is 3. The summed E-state index contributed by atoms with van der Waals surface area (Å²) in [6, 6.07) is 0. The monoisotopic (exact) mass is 556 g/mol. The normalized spacial score (nSPS) is 12.4. The van der Waals surface area contributed by atoms with E-state index in [-0.39, 0.29) is 108 Å². The predicted octanol–water partition coefficient (Wildman–Crippen LogP) is 1.24. The topological polar surface area (TPSA) is 110 Å². The van der Waals surface area contributed by atoms with Gasteiger partial charge in [0, 0.05) is 17.3 Å². The second-order valence-electron chi connectivity index (χ2n) is 10.3. The van der Waals surface area contributed by atoms with E-state index >= 15 is 0 Å². The maximum Gasteiger partial charge on any atom is 1.00 e. The van der Waals surface area contributed by atoms with Crippen molar-refractivity contribution in [2.45, 2.75) is 112 Å². The molecule has 3 atom stereocenters. The number of likely N-dealkylation sites (N-methyl/N-ethyl adjacent to an activating group) is 2. The minimum atomic E-state index is -1.24. The van der Waals surface area contributed by atoms with E-state index in [1.165, 1.54) is 0 Å². The molecule has 0 aliphatic heterocycles. The largest absolute Gasteiger partial charge is 1.00 e. The van der Waals surface area contributed by atoms with Crippen LogP contribution in [0, 0.1) is 11.3 Å². The second-order valence-corrected chi connectivity index (χ2v) is 10.3. The van der Waals surface area contributed by atoms with Gasteiger partial charge in [0.2, 0.25) is 5.91 Å². The average Bonchev–Trinajstić information content (AvgIpc) is 2.48. The molecule has 0 aliphatic carbocycles. The van der Waals surface area contributed by atoms with Crippen molar-refractivity contribution in [3.8, 4) is 0 Å². The van der Waals surface area contributed by atoms with Crippen molar-refractivity contribution in [2.24, 2.45) is 11.3 Å². The van der Waals surface area contributed by atoms with Gasteiger partial charge in [-0.3, -0.25) is 4.79 Å². The number of nitrogens with zero attached hydrogens (tertiary/aromatic N) is 2. The molecule has 0 aromatic rings. The fourth-order valence-corrected chi connectivity index (χ4v) is 3.32. The molecule has 3 N–H and O–H groups in total. The van der Waals surface area contributed by atoms with Crippen molar-refractivity contribution in [1.29, 1.82) is 0 Å². The number of nitrogens with one attached hydrogen (secondary N) is 1. The van der Waals surface area contributed by atoms with Crippen molar-refractivity contribution in [2.75, 3.05) is 55.0 Å². The van der Waals surface area contributed by atoms with Crippen LogP contribution in [0.2, 0.25) is 0 Å². The number of rotatable bonds is 13. The summed E-state index contributed by atoms with van der Waals surface area (Å²) >= 11 is 0. The molecule has 37 heavy (non-hydrogen) atoms. The summed E-state index contributed by atoms with van der Waals surface area (Å²) in [4.78, 5) is 24.1. The van der Waals surface area contributed by atoms with Gasteiger partial charge in [-0.25, -0.2) is 0 Å². The fourth-order valence-electron chi connectivity index (χ4n) is 3.32. The maximum atomic E-state index is 12.7. The van der Waals surface area contributed by atoms with Crippen molar-refractivity contribution >= 4 is 11.9 Å². The first-order valence-electron chi connectivity index (χ1n) is 9.97. The third-order valence-corrected chi connectivity index (χ3v) is 4.86. The van der Waals surface area contributed by atoms with Crippen molar-refractivity contribution in [3.05, 3.63) is 0 Å². The van der Waals surface area contributed by atoms with E-state index < -0.39 is 29.5 Å². The minimum Gasteiger partial charge on any atom is -0.550 e. The van der Waals surface area contributed by atoms with Gasteiger partial charge in [0.05, 0.1) is 41.3 Å². The summed E-state index contributed by atoms with van der Waals surface area (Å²) in [5.74, 6) is -2.38. The number of carbonyl (C=O) groups excluding carboxylic acids is 2. The van der Waals surface area contributed by atoms with Crippen LogP contribution in [0.5, 0.6) is 0 Å². The zero-order valence-electron chi connectivity index (χ0n) is 20.0. The molecule has 9 heteroatoms. The predicted molar refractivity (Wildman–Crippen MR) is 161 cm³/mol. The molecular weight excluding hydrogens is 481 g/mol. The summed E-state index contributed by atoms with van der Waals surface area (Å²) in [6.07, 6.45) is -0.597. The van der Waals surface area contributed by atoms with Gasteiger partial charge in [0.1, 0.15) is 13.1 Å². The van der Waals surface area contributed by atoms with Gasteiger partial charge in [-0.1, -0.05) is 80.2 Å². The summed E-state index contributed by atoms with van der Waals surface area (Å²) in [6.45, 7) is 6.59. The van der Waals surface area contributed by atoms with Crippen LogP contribution in [0.15, 0.2) is 0 Å². The first-order chi connectivity index (χ1) is 12.5. The second kappa shape index (κ2) is 27.4. The summed E-state index contributed by atoms with van der Waals surface area (Å²) in [7, 11) is 9.88. The molecule has 1 amide bonds. The molecule has 0 aromatic heterocycles. The Morgan fingerprint density at radius 3 is 1.57 bits per heavy atom. The van der Waals surface area contributed by atoms with E-state index in [9.17, 15) is 24.9 Å². The number of quaternary nitrogens is 2. The maximum absolute atomic E-state index is 12.7. The van der Waals surface area contributed by atoms with Crippen LogP contribution in [0.3, 0.4) is 0 Å². The zero-order valence-corrected chi connectivity index (χ0v) is 22.0. The molecule has 230 valence electrons. The Morgan fingerprint density at radius 2 is 1.24 bits per heavy atom. The SMILES string of the molecule is C.C.C.C.C.C.C.C.CCC(O)CC(CC(C)(C)C(=O)NC[N+](C)(C)CC(O)C[N+](C)(C)C)C(=O)[O-].[Na+]. The van der Waals surface area contributed by atoms with E-state index in [0.717, 1.165) is 0 Å². The van der Waals surface area contributed by atoms with Gasteiger partial charge in [-0.05, 0) is 19.3 Å². The van der Waals surface area contributed by atoms with Gasteiger partial charge < -0.3 is 34.4 Å². The zero-order chi connectivity index (χ0) is 22.3. The Hall–Kier alpha value is -0.220. The number of aliphatic carboxylic acids is 1. The first kappa shape index (κ1) is 65.7. The number of aliphatic hydroxyl groups is 2. The average molecular weight is 556 g/mol. The Morgan fingerprint density at radius 1 is 0.838 bits per heavy atom. The number of carboxylic acids is 1. The molecule has 0 radical (unpaired) electrons. The summed E-state index contributed by atoms with van der Waals surface area (Å²) in [5, 5.41) is 34.4. The Labute approximate surface area is 257 Å². The number of carbonyl (C=O) groups is 2. The molecule has 0 saturated heterocycles. The molecule has 0 saturated carbocycles. The van der Waals surface area contributed by atoms with Gasteiger partial charge in [-0.15, -0.1) is 0 Å². The third-order valence-electron chi connectivity index (χ3n) is 4.86. The molecular formula is C28H74N3NaO5+2. The van der Waals surface area contributed by atoms with E-state index in [1.54, 1.807) is 20.8 Å². The molecule has 0 aromatic carbocycles. The molecule has 0 spiro atoms. The van der Waals surface area contributed by atoms with Gasteiger partial charge in [0.15, 0.2) is 12.8 Å². The Balaban J connectivity index is -0.000000101. The summed E-state index contributed by atoms with van der Waals surface area (Å²) < 4.78 is 1.05. The molecule has 0 heterocycles. The van der Waals surface area contributed by atoms with E-state index in [0.29, 0.717) is 35.1 Å². The summed E-state index contributed by atoms with van der Waals surface area (Å²) in [5.41, 5.74) is -0.918. The van der Waals surface area contributed by atoms with Crippen LogP contribution in [-0.2, 0) is 9.59 Å². The number of aliphatic hydroxyl groups excluding tert-OH is 2. The molecule has 0 bridgehead atoms. The van der Waals surface area contributed by atoms with Gasteiger partial charge in [-0.2, -0.15) is 0 Å². The van der Waals surface area contributed by atoms with E-state index in [1.807, 2.05) is 35.2 Å². The molecule has 0 fully saturated rings. The smallest absolute Gasteiger partial charge is 0.550 e. The van der Waals surface area contributed by atoms with Gasteiger partial charge in [0.25, 0.3) is 0 Å². The fraction of sp³-hybridized carbons (Fsp3) is 0.929. The molecule has 0 rings (SSSR count). The third kappa shape index (κ3) is 30.2. The van der Waals surface area contributed by atoms with Crippen LogP contribution >= 0.6 is 0 Å². The Bertz CT molecular complexity index is 524. The van der Waals surface area contributed by atoms with Crippen LogP contribution < -0.4 is 40.0 Å². The molecule has 3 unspecified atom stereocenters. The van der Waals surface area contributed by atoms with E-state index in [4.69, 9.17) is 0 Å². The number of hydrogen-bond acceptors (Lipinski definition) is 5. The van der Waals surface area contributed by atoms with Crippen LogP contribution in [-0.4, -0.2) is 98.3 Å². The van der Waals surface area contributed by atoms with Crippen molar-refractivity contribution in [1.82, 2.24) is 5.32 Å². The van der Waals surface area contributed by atoms with E-state index in [2.05, 4.69) is 5.32 Å². The van der Waals surface area contributed by atoms with Gasteiger partial charge >= 0.3 is 29.6 Å². The van der Waals surface area contributed by atoms with Crippen LogP contribution in [0.25, 0.3) is 0 Å². The Kier molecular flexibility index (Phi) is 48.5. The molecule has 8 nitrogen and oxygen atoms in total. The van der Waals surface area contributed by atoms with Crippen LogP contribution in [0.1, 0.15) is 99.4 Å². The minimum absolute atomic E-state index is 0. The molecule has 0 aliphatic rings. The standard InChI is InChI=1S/C20H41N3O5.8CH4.Na/c1-9-16(24)10-15(18(26)27)11-20(2,3)19(28)21-14-23(7,8)13-17(25)12-22(4,5)6;;;;;;;;;/h15-17,24-25H,9-14H2,1-8H3;8*1H4;/q;;;;;;;;;+1/p+1. The quantitative estimate of drug-likeness (QED) is 0.180. The van der Waals surface area contributed by atoms with Crippen molar-refractivity contribution < 1.29 is 63.4 Å². The number of amides is 1. The van der Waals surface area contributed by atoms with Crippen molar-refractivity contribution in [3.63, 3.8) is 0 Å².